The van der Waals surface area contributed by atoms with Crippen molar-refractivity contribution in [3.8, 4) is 0 Å². The molecule has 0 aliphatic carbocycles. The number of nitrogens with one attached hydrogen (secondary N) is 1. The largest absolute Gasteiger partial charge is 0.394 e. The smallest absolute Gasteiger partial charge is 0.254 e. The van der Waals surface area contributed by atoms with Crippen molar-refractivity contribution >= 4 is 5.91 Å². The highest BCUT2D eigenvalue weighted by atomic mass is 19.1. The van der Waals surface area contributed by atoms with Gasteiger partial charge in [-0.05, 0) is 19.1 Å². The van der Waals surface area contributed by atoms with Crippen molar-refractivity contribution in [3.63, 3.8) is 0 Å². The van der Waals surface area contributed by atoms with Crippen LogP contribution in [0.25, 0.3) is 0 Å². The van der Waals surface area contributed by atoms with E-state index in [0.29, 0.717) is 0 Å². The van der Waals surface area contributed by atoms with Gasteiger partial charge in [-0.25, -0.2) is 4.39 Å². The molecule has 1 rings (SSSR count). The SMILES string of the molecule is Cc1ccc(F)c(C(=O)NC(CO)CO)c1. The molecule has 0 heterocycles. The van der Waals surface area contributed by atoms with Gasteiger partial charge < -0.3 is 15.5 Å². The Labute approximate surface area is 92.7 Å². The molecular formula is C11H14FNO3. The van der Waals surface area contributed by atoms with Crippen LogP contribution >= 0.6 is 0 Å². The lowest BCUT2D eigenvalue weighted by atomic mass is 10.1. The summed E-state index contributed by atoms with van der Waals surface area (Å²) < 4.78 is 13.3. The normalized spacial score (nSPS) is 10.6. The highest BCUT2D eigenvalue weighted by molar-refractivity contribution is 5.94. The van der Waals surface area contributed by atoms with E-state index >= 15 is 0 Å². The Bertz CT molecular complexity index is 377. The first kappa shape index (κ1) is 12.6. The summed E-state index contributed by atoms with van der Waals surface area (Å²) in [5, 5.41) is 19.9. The first-order chi connectivity index (χ1) is 7.58. The Kier molecular flexibility index (Phi) is 4.39. The summed E-state index contributed by atoms with van der Waals surface area (Å²) in [7, 11) is 0. The minimum Gasteiger partial charge on any atom is -0.394 e. The number of aryl methyl sites for hydroxylation is 1. The molecule has 0 saturated carbocycles. The molecule has 16 heavy (non-hydrogen) atoms. The zero-order chi connectivity index (χ0) is 12.1. The van der Waals surface area contributed by atoms with Crippen LogP contribution in [0.5, 0.6) is 0 Å². The van der Waals surface area contributed by atoms with Crippen LogP contribution in [0.4, 0.5) is 4.39 Å². The number of carbonyl (C=O) groups is 1. The summed E-state index contributed by atoms with van der Waals surface area (Å²) in [4.78, 5) is 11.6. The quantitative estimate of drug-likeness (QED) is 0.689. The Morgan fingerprint density at radius 3 is 2.62 bits per heavy atom. The Hall–Kier alpha value is -1.46. The van der Waals surface area contributed by atoms with E-state index in [9.17, 15) is 9.18 Å². The van der Waals surface area contributed by atoms with Gasteiger partial charge in [-0.3, -0.25) is 4.79 Å². The van der Waals surface area contributed by atoms with E-state index in [1.807, 2.05) is 0 Å². The highest BCUT2D eigenvalue weighted by Gasteiger charge is 2.15. The molecular weight excluding hydrogens is 213 g/mol. The molecule has 0 bridgehead atoms. The topological polar surface area (TPSA) is 69.6 Å². The zero-order valence-electron chi connectivity index (χ0n) is 8.90. The minimum absolute atomic E-state index is 0.0908. The average molecular weight is 227 g/mol. The third-order valence-corrected chi connectivity index (χ3v) is 2.14. The fourth-order valence-electron chi connectivity index (χ4n) is 1.23. The number of halogens is 1. The number of rotatable bonds is 4. The molecule has 0 radical (unpaired) electrons. The van der Waals surface area contributed by atoms with Gasteiger partial charge in [-0.2, -0.15) is 0 Å². The molecule has 0 aromatic heterocycles. The fourth-order valence-corrected chi connectivity index (χ4v) is 1.23. The van der Waals surface area contributed by atoms with Crippen LogP contribution in [0.15, 0.2) is 18.2 Å². The van der Waals surface area contributed by atoms with Gasteiger partial charge in [0.15, 0.2) is 0 Å². The lowest BCUT2D eigenvalue weighted by Gasteiger charge is -2.13. The lowest BCUT2D eigenvalue weighted by Crippen LogP contribution is -2.40. The first-order valence-electron chi connectivity index (χ1n) is 4.87. The van der Waals surface area contributed by atoms with Crippen LogP contribution < -0.4 is 5.32 Å². The van der Waals surface area contributed by atoms with Crippen molar-refractivity contribution in [3.05, 3.63) is 35.1 Å². The molecule has 0 fully saturated rings. The Balaban J connectivity index is 2.83. The van der Waals surface area contributed by atoms with E-state index in [0.717, 1.165) is 5.56 Å². The predicted molar refractivity (Wildman–Crippen MR) is 56.6 cm³/mol. The molecule has 3 N–H and O–H groups in total. The third-order valence-electron chi connectivity index (χ3n) is 2.14. The molecule has 1 aromatic rings. The van der Waals surface area contributed by atoms with E-state index in [1.165, 1.54) is 12.1 Å². The van der Waals surface area contributed by atoms with E-state index in [2.05, 4.69) is 5.32 Å². The van der Waals surface area contributed by atoms with Gasteiger partial charge in [0.2, 0.25) is 0 Å². The van der Waals surface area contributed by atoms with E-state index < -0.39 is 31.0 Å². The van der Waals surface area contributed by atoms with Gasteiger partial charge in [0, 0.05) is 0 Å². The zero-order valence-corrected chi connectivity index (χ0v) is 8.90. The molecule has 0 atom stereocenters. The van der Waals surface area contributed by atoms with Crippen LogP contribution in [0, 0.1) is 12.7 Å². The Morgan fingerprint density at radius 1 is 1.44 bits per heavy atom. The number of benzene rings is 1. The van der Waals surface area contributed by atoms with E-state index in [-0.39, 0.29) is 5.56 Å². The van der Waals surface area contributed by atoms with Gasteiger partial charge in [0.05, 0.1) is 24.8 Å². The Morgan fingerprint density at radius 2 is 2.06 bits per heavy atom. The maximum atomic E-state index is 13.3. The molecule has 4 nitrogen and oxygen atoms in total. The maximum absolute atomic E-state index is 13.3. The number of carbonyl (C=O) groups excluding carboxylic acids is 1. The number of hydrogen-bond donors (Lipinski definition) is 3. The van der Waals surface area contributed by atoms with Crippen molar-refractivity contribution in [2.75, 3.05) is 13.2 Å². The maximum Gasteiger partial charge on any atom is 0.254 e. The van der Waals surface area contributed by atoms with Gasteiger partial charge >= 0.3 is 0 Å². The van der Waals surface area contributed by atoms with Gasteiger partial charge in [-0.1, -0.05) is 11.6 Å². The second-order valence-corrected chi connectivity index (χ2v) is 3.52. The van der Waals surface area contributed by atoms with Crippen LogP contribution in [0.2, 0.25) is 0 Å². The van der Waals surface area contributed by atoms with Crippen molar-refractivity contribution in [2.45, 2.75) is 13.0 Å². The monoisotopic (exact) mass is 227 g/mol. The molecule has 0 spiro atoms. The average Bonchev–Trinajstić information content (AvgIpc) is 2.28. The second-order valence-electron chi connectivity index (χ2n) is 3.52. The summed E-state index contributed by atoms with van der Waals surface area (Å²) in [6.45, 7) is 0.955. The van der Waals surface area contributed by atoms with Gasteiger partial charge in [0.25, 0.3) is 5.91 Å². The molecule has 0 aliphatic rings. The summed E-state index contributed by atoms with van der Waals surface area (Å²) in [6, 6.07) is 3.40. The summed E-state index contributed by atoms with van der Waals surface area (Å²) in [5.74, 6) is -1.27. The van der Waals surface area contributed by atoms with Crippen molar-refractivity contribution in [2.24, 2.45) is 0 Å². The number of hydrogen-bond acceptors (Lipinski definition) is 3. The predicted octanol–water partition coefficient (Wildman–Crippen LogP) is 0.217. The van der Waals surface area contributed by atoms with E-state index in [1.54, 1.807) is 13.0 Å². The van der Waals surface area contributed by atoms with Crippen LogP contribution in [-0.2, 0) is 0 Å². The van der Waals surface area contributed by atoms with E-state index in [4.69, 9.17) is 10.2 Å². The first-order valence-corrected chi connectivity index (χ1v) is 4.87. The standard InChI is InChI=1S/C11H14FNO3/c1-7-2-3-10(12)9(4-7)11(16)13-8(5-14)6-15/h2-4,8,14-15H,5-6H2,1H3,(H,13,16). The van der Waals surface area contributed by atoms with Crippen molar-refractivity contribution in [1.29, 1.82) is 0 Å². The summed E-state index contributed by atoms with van der Waals surface area (Å²) in [6.07, 6.45) is 0. The van der Waals surface area contributed by atoms with Crippen molar-refractivity contribution < 1.29 is 19.4 Å². The molecule has 1 aromatic carbocycles. The van der Waals surface area contributed by atoms with Crippen LogP contribution in [-0.4, -0.2) is 35.4 Å². The number of amides is 1. The fraction of sp³-hybridized carbons (Fsp3) is 0.364. The molecule has 1 amide bonds. The summed E-state index contributed by atoms with van der Waals surface area (Å²) in [5.41, 5.74) is 0.669. The highest BCUT2D eigenvalue weighted by Crippen LogP contribution is 2.09. The van der Waals surface area contributed by atoms with Crippen LogP contribution in [0.1, 0.15) is 15.9 Å². The summed E-state index contributed by atoms with van der Waals surface area (Å²) >= 11 is 0. The molecule has 0 aliphatic heterocycles. The molecule has 5 heteroatoms. The van der Waals surface area contributed by atoms with Crippen molar-refractivity contribution in [1.82, 2.24) is 5.32 Å². The molecule has 88 valence electrons. The lowest BCUT2D eigenvalue weighted by molar-refractivity contribution is 0.0875. The van der Waals surface area contributed by atoms with Crippen LogP contribution in [0.3, 0.4) is 0 Å². The molecule has 0 saturated heterocycles. The number of aliphatic hydroxyl groups is 2. The number of aliphatic hydroxyl groups excluding tert-OH is 2. The second kappa shape index (κ2) is 5.58. The molecule has 0 unspecified atom stereocenters. The van der Waals surface area contributed by atoms with Gasteiger partial charge in [0.1, 0.15) is 5.82 Å². The van der Waals surface area contributed by atoms with Gasteiger partial charge in [-0.15, -0.1) is 0 Å². The third kappa shape index (κ3) is 3.01. The minimum atomic E-state index is -0.771.